The van der Waals surface area contributed by atoms with Crippen LogP contribution in [0.4, 0.5) is 4.39 Å². The predicted molar refractivity (Wildman–Crippen MR) is 59.8 cm³/mol. The zero-order valence-electron chi connectivity index (χ0n) is 8.19. The number of thioether (sulfide) groups is 1. The average molecular weight is 259 g/mol. The zero-order chi connectivity index (χ0) is 11.4. The van der Waals surface area contributed by atoms with E-state index in [2.05, 4.69) is 10.1 Å². The van der Waals surface area contributed by atoms with Gasteiger partial charge < -0.3 is 4.52 Å². The summed E-state index contributed by atoms with van der Waals surface area (Å²) in [5.41, 5.74) is 0. The second kappa shape index (κ2) is 5.32. The lowest BCUT2D eigenvalue weighted by atomic mass is 10.3. The van der Waals surface area contributed by atoms with Crippen LogP contribution in [0, 0.1) is 5.82 Å². The highest BCUT2D eigenvalue weighted by Gasteiger charge is 2.07. The van der Waals surface area contributed by atoms with Crippen LogP contribution >= 0.6 is 23.4 Å². The van der Waals surface area contributed by atoms with Crippen molar-refractivity contribution in [1.82, 2.24) is 10.1 Å². The van der Waals surface area contributed by atoms with Crippen LogP contribution in [-0.4, -0.2) is 10.1 Å². The molecule has 6 heteroatoms. The number of rotatable bonds is 4. The summed E-state index contributed by atoms with van der Waals surface area (Å²) in [5.74, 6) is 1.31. The second-order valence-electron chi connectivity index (χ2n) is 2.96. The fraction of sp³-hybridized carbons (Fsp3) is 0.200. The van der Waals surface area contributed by atoms with Gasteiger partial charge in [0.1, 0.15) is 11.7 Å². The van der Waals surface area contributed by atoms with Crippen LogP contribution in [0.25, 0.3) is 0 Å². The molecule has 2 aromatic rings. The summed E-state index contributed by atoms with van der Waals surface area (Å²) in [4.78, 5) is 4.59. The number of aromatic nitrogens is 2. The lowest BCUT2D eigenvalue weighted by Gasteiger charge is -1.98. The standard InChI is InChI=1S/C10H8ClFN2OS/c11-5-10-13-9(14-15-10)6-16-8-4-2-1-3-7(8)12/h1-4H,5-6H2. The van der Waals surface area contributed by atoms with E-state index in [1.54, 1.807) is 18.2 Å². The highest BCUT2D eigenvalue weighted by molar-refractivity contribution is 7.98. The maximum Gasteiger partial charge on any atom is 0.241 e. The maximum absolute atomic E-state index is 13.3. The van der Waals surface area contributed by atoms with E-state index < -0.39 is 0 Å². The monoisotopic (exact) mass is 258 g/mol. The van der Waals surface area contributed by atoms with Crippen LogP contribution in [0.5, 0.6) is 0 Å². The largest absolute Gasteiger partial charge is 0.338 e. The third kappa shape index (κ3) is 2.74. The number of halogens is 2. The molecule has 2 rings (SSSR count). The fourth-order valence-electron chi connectivity index (χ4n) is 1.11. The Hall–Kier alpha value is -1.07. The molecular weight excluding hydrogens is 251 g/mol. The van der Waals surface area contributed by atoms with Gasteiger partial charge >= 0.3 is 0 Å². The van der Waals surface area contributed by atoms with Gasteiger partial charge in [-0.3, -0.25) is 0 Å². The Morgan fingerprint density at radius 1 is 1.38 bits per heavy atom. The molecule has 0 aliphatic carbocycles. The van der Waals surface area contributed by atoms with Crippen molar-refractivity contribution in [3.8, 4) is 0 Å². The van der Waals surface area contributed by atoms with Crippen LogP contribution in [0.15, 0.2) is 33.7 Å². The molecule has 84 valence electrons. The van der Waals surface area contributed by atoms with Crippen molar-refractivity contribution in [1.29, 1.82) is 0 Å². The third-order valence-corrected chi connectivity index (χ3v) is 3.09. The van der Waals surface area contributed by atoms with E-state index in [-0.39, 0.29) is 11.7 Å². The highest BCUT2D eigenvalue weighted by atomic mass is 35.5. The van der Waals surface area contributed by atoms with Gasteiger partial charge in [0.25, 0.3) is 0 Å². The number of hydrogen-bond acceptors (Lipinski definition) is 4. The first kappa shape index (κ1) is 11.4. The van der Waals surface area contributed by atoms with Crippen molar-refractivity contribution in [2.75, 3.05) is 0 Å². The van der Waals surface area contributed by atoms with Gasteiger partial charge in [-0.25, -0.2) is 4.39 Å². The molecule has 1 aromatic carbocycles. The van der Waals surface area contributed by atoms with Gasteiger partial charge in [-0.2, -0.15) is 4.98 Å². The SMILES string of the molecule is Fc1ccccc1SCc1noc(CCl)n1. The summed E-state index contributed by atoms with van der Waals surface area (Å²) in [6.07, 6.45) is 0. The van der Waals surface area contributed by atoms with E-state index >= 15 is 0 Å². The van der Waals surface area contributed by atoms with Crippen LogP contribution in [0.1, 0.15) is 11.7 Å². The molecule has 0 spiro atoms. The molecule has 0 saturated carbocycles. The second-order valence-corrected chi connectivity index (χ2v) is 4.24. The minimum Gasteiger partial charge on any atom is -0.338 e. The molecule has 0 radical (unpaired) electrons. The molecule has 0 atom stereocenters. The Labute approximate surface area is 101 Å². The van der Waals surface area contributed by atoms with Crippen LogP contribution in [-0.2, 0) is 11.6 Å². The molecule has 0 amide bonds. The minimum absolute atomic E-state index is 0.192. The third-order valence-electron chi connectivity index (χ3n) is 1.82. The molecule has 1 heterocycles. The van der Waals surface area contributed by atoms with E-state index in [1.807, 2.05) is 0 Å². The molecule has 0 aliphatic rings. The van der Waals surface area contributed by atoms with Crippen LogP contribution in [0.3, 0.4) is 0 Å². The van der Waals surface area contributed by atoms with E-state index in [1.165, 1.54) is 17.8 Å². The van der Waals surface area contributed by atoms with E-state index in [4.69, 9.17) is 16.1 Å². The summed E-state index contributed by atoms with van der Waals surface area (Å²) in [7, 11) is 0. The topological polar surface area (TPSA) is 38.9 Å². The van der Waals surface area contributed by atoms with Gasteiger partial charge in [-0.15, -0.1) is 23.4 Å². The van der Waals surface area contributed by atoms with Gasteiger partial charge in [-0.1, -0.05) is 17.3 Å². The van der Waals surface area contributed by atoms with Crippen molar-refractivity contribution in [2.24, 2.45) is 0 Å². The molecule has 0 N–H and O–H groups in total. The average Bonchev–Trinajstić information content (AvgIpc) is 2.76. The zero-order valence-corrected chi connectivity index (χ0v) is 9.76. The highest BCUT2D eigenvalue weighted by Crippen LogP contribution is 2.24. The van der Waals surface area contributed by atoms with Crippen LogP contribution < -0.4 is 0 Å². The van der Waals surface area contributed by atoms with E-state index in [0.29, 0.717) is 22.4 Å². The summed E-state index contributed by atoms with van der Waals surface area (Å²) < 4.78 is 18.1. The van der Waals surface area contributed by atoms with Crippen LogP contribution in [0.2, 0.25) is 0 Å². The Morgan fingerprint density at radius 2 is 2.19 bits per heavy atom. The molecule has 0 unspecified atom stereocenters. The molecule has 3 nitrogen and oxygen atoms in total. The Bertz CT molecular complexity index is 477. The molecule has 1 aromatic heterocycles. The molecule has 0 saturated heterocycles. The smallest absolute Gasteiger partial charge is 0.241 e. The van der Waals surface area contributed by atoms with Crippen molar-refractivity contribution < 1.29 is 8.91 Å². The quantitative estimate of drug-likeness (QED) is 0.623. The van der Waals surface area contributed by atoms with Gasteiger partial charge in [0, 0.05) is 4.90 Å². The minimum atomic E-state index is -0.242. The Balaban J connectivity index is 1.99. The van der Waals surface area contributed by atoms with Gasteiger partial charge in [0.15, 0.2) is 5.82 Å². The van der Waals surface area contributed by atoms with Crippen molar-refractivity contribution >= 4 is 23.4 Å². The Kier molecular flexibility index (Phi) is 3.79. The first-order valence-corrected chi connectivity index (χ1v) is 6.06. The number of hydrogen-bond donors (Lipinski definition) is 0. The molecular formula is C10H8ClFN2OS. The summed E-state index contributed by atoms with van der Waals surface area (Å²) >= 11 is 6.84. The lowest BCUT2D eigenvalue weighted by Crippen LogP contribution is -1.86. The maximum atomic E-state index is 13.3. The molecule has 16 heavy (non-hydrogen) atoms. The first-order valence-electron chi connectivity index (χ1n) is 4.54. The van der Waals surface area contributed by atoms with E-state index in [9.17, 15) is 4.39 Å². The van der Waals surface area contributed by atoms with Gasteiger partial charge in [0.05, 0.1) is 5.75 Å². The summed E-state index contributed by atoms with van der Waals surface area (Å²) in [6.45, 7) is 0. The molecule has 0 bridgehead atoms. The number of alkyl halides is 1. The fourth-order valence-corrected chi connectivity index (χ4v) is 2.00. The van der Waals surface area contributed by atoms with Crippen molar-refractivity contribution in [2.45, 2.75) is 16.5 Å². The first-order chi connectivity index (χ1) is 7.79. The lowest BCUT2D eigenvalue weighted by molar-refractivity contribution is 0.386. The Morgan fingerprint density at radius 3 is 2.88 bits per heavy atom. The number of nitrogens with zero attached hydrogens (tertiary/aromatic N) is 2. The summed E-state index contributed by atoms with van der Waals surface area (Å²) in [5, 5.41) is 3.72. The van der Waals surface area contributed by atoms with Gasteiger partial charge in [-0.05, 0) is 12.1 Å². The molecule has 0 fully saturated rings. The van der Waals surface area contributed by atoms with Crippen molar-refractivity contribution in [3.63, 3.8) is 0 Å². The number of benzene rings is 1. The van der Waals surface area contributed by atoms with E-state index in [0.717, 1.165) is 0 Å². The predicted octanol–water partition coefficient (Wildman–Crippen LogP) is 3.24. The molecule has 0 aliphatic heterocycles. The van der Waals surface area contributed by atoms with Crippen molar-refractivity contribution in [3.05, 3.63) is 41.8 Å². The normalized spacial score (nSPS) is 10.6. The van der Waals surface area contributed by atoms with Gasteiger partial charge in [0.2, 0.25) is 5.89 Å². The summed E-state index contributed by atoms with van der Waals surface area (Å²) in [6, 6.07) is 6.57.